The summed E-state index contributed by atoms with van der Waals surface area (Å²) in [7, 11) is 0. The highest BCUT2D eigenvalue weighted by Crippen LogP contribution is 2.35. The van der Waals surface area contributed by atoms with Crippen molar-refractivity contribution in [3.05, 3.63) is 41.6 Å². The number of fused-ring (bicyclic) bond motifs is 1. The Balaban J connectivity index is 1.42. The highest BCUT2D eigenvalue weighted by Gasteiger charge is 2.25. The minimum Gasteiger partial charge on any atom is -0.352 e. The quantitative estimate of drug-likeness (QED) is 0.543. The summed E-state index contributed by atoms with van der Waals surface area (Å²) in [4.78, 5) is 14.4. The molecule has 5 rings (SSSR count). The Kier molecular flexibility index (Phi) is 5.76. The van der Waals surface area contributed by atoms with Gasteiger partial charge in [-0.05, 0) is 51.0 Å². The highest BCUT2D eigenvalue weighted by molar-refractivity contribution is 5.75. The fraction of sp³-hybridized carbons (Fsp3) is 0.542. The van der Waals surface area contributed by atoms with Gasteiger partial charge in [0.25, 0.3) is 0 Å². The highest BCUT2D eigenvalue weighted by atomic mass is 15.3. The lowest BCUT2D eigenvalue weighted by Crippen LogP contribution is -2.33. The van der Waals surface area contributed by atoms with Crippen molar-refractivity contribution in [2.75, 3.05) is 10.6 Å². The minimum atomic E-state index is 0.340. The topological polar surface area (TPSA) is 93.7 Å². The molecule has 164 valence electrons. The maximum absolute atomic E-state index is 6.06. The molecule has 2 aromatic heterocycles. The molecule has 0 amide bonds. The molecule has 7 nitrogen and oxygen atoms in total. The zero-order chi connectivity index (χ0) is 21.2. The van der Waals surface area contributed by atoms with Gasteiger partial charge in [0.1, 0.15) is 5.52 Å². The Hall–Kier alpha value is -2.67. The zero-order valence-electron chi connectivity index (χ0n) is 18.3. The third-order valence-corrected chi connectivity index (χ3v) is 6.76. The van der Waals surface area contributed by atoms with E-state index in [1.165, 1.54) is 36.8 Å². The van der Waals surface area contributed by atoms with Crippen LogP contribution < -0.4 is 16.4 Å². The molecule has 31 heavy (non-hydrogen) atoms. The van der Waals surface area contributed by atoms with Gasteiger partial charge in [-0.2, -0.15) is 4.98 Å². The second-order valence-electron chi connectivity index (χ2n) is 9.24. The van der Waals surface area contributed by atoms with Crippen molar-refractivity contribution in [2.24, 2.45) is 5.73 Å². The number of nitrogens with one attached hydrogen (secondary N) is 2. The van der Waals surface area contributed by atoms with Crippen molar-refractivity contribution in [3.8, 4) is 0 Å². The van der Waals surface area contributed by atoms with Crippen molar-refractivity contribution >= 4 is 23.1 Å². The fourth-order valence-electron chi connectivity index (χ4n) is 5.04. The molecule has 0 bridgehead atoms. The number of aromatic nitrogens is 4. The van der Waals surface area contributed by atoms with Gasteiger partial charge in [0.05, 0.1) is 6.20 Å². The van der Waals surface area contributed by atoms with E-state index in [1.54, 1.807) is 0 Å². The lowest BCUT2D eigenvalue weighted by molar-refractivity contribution is 0.410. The van der Waals surface area contributed by atoms with Crippen LogP contribution in [0.25, 0.3) is 11.2 Å². The predicted molar refractivity (Wildman–Crippen MR) is 125 cm³/mol. The number of rotatable bonds is 6. The minimum absolute atomic E-state index is 0.340. The number of benzene rings is 1. The molecule has 2 aliphatic carbocycles. The number of anilines is 2. The van der Waals surface area contributed by atoms with E-state index in [0.29, 0.717) is 24.1 Å². The summed E-state index contributed by atoms with van der Waals surface area (Å²) in [6.07, 6.45) is 11.0. The van der Waals surface area contributed by atoms with Gasteiger partial charge in [-0.25, -0.2) is 9.97 Å². The monoisotopic (exact) mass is 419 g/mol. The maximum Gasteiger partial charge on any atom is 0.224 e. The first-order valence-corrected chi connectivity index (χ1v) is 11.7. The van der Waals surface area contributed by atoms with Crippen LogP contribution in [0, 0.1) is 6.92 Å². The van der Waals surface area contributed by atoms with Gasteiger partial charge < -0.3 is 16.4 Å². The maximum atomic E-state index is 6.06. The van der Waals surface area contributed by atoms with E-state index in [-0.39, 0.29) is 0 Å². The summed E-state index contributed by atoms with van der Waals surface area (Å²) in [5.74, 6) is 1.61. The molecule has 0 radical (unpaired) electrons. The van der Waals surface area contributed by atoms with Crippen molar-refractivity contribution < 1.29 is 0 Å². The van der Waals surface area contributed by atoms with Gasteiger partial charge in [0, 0.05) is 24.7 Å². The molecule has 0 spiro atoms. The lowest BCUT2D eigenvalue weighted by atomic mass is 9.92. The van der Waals surface area contributed by atoms with E-state index in [2.05, 4.69) is 51.4 Å². The molecule has 2 saturated carbocycles. The Morgan fingerprint density at radius 1 is 1.06 bits per heavy atom. The van der Waals surface area contributed by atoms with Crippen LogP contribution in [0.15, 0.2) is 30.5 Å². The van der Waals surface area contributed by atoms with E-state index in [0.717, 1.165) is 49.3 Å². The van der Waals surface area contributed by atoms with Crippen LogP contribution in [0.5, 0.6) is 0 Å². The number of hydrogen-bond donors (Lipinski definition) is 3. The first-order valence-electron chi connectivity index (χ1n) is 11.7. The normalized spacial score (nSPS) is 22.1. The van der Waals surface area contributed by atoms with Gasteiger partial charge in [-0.1, -0.05) is 42.7 Å². The molecule has 1 aromatic carbocycles. The zero-order valence-corrected chi connectivity index (χ0v) is 18.3. The largest absolute Gasteiger partial charge is 0.352 e. The van der Waals surface area contributed by atoms with Gasteiger partial charge in [0.2, 0.25) is 11.9 Å². The molecular weight excluding hydrogens is 386 g/mol. The molecule has 7 heteroatoms. The molecule has 2 aliphatic rings. The van der Waals surface area contributed by atoms with Crippen LogP contribution in [0.3, 0.4) is 0 Å². The molecule has 3 aromatic rings. The van der Waals surface area contributed by atoms with Crippen molar-refractivity contribution in [2.45, 2.75) is 83.0 Å². The Bertz CT molecular complexity index is 1030. The lowest BCUT2D eigenvalue weighted by Gasteiger charge is -2.26. The van der Waals surface area contributed by atoms with Gasteiger partial charge in [0.15, 0.2) is 5.65 Å². The van der Waals surface area contributed by atoms with Gasteiger partial charge in [-0.3, -0.25) is 4.57 Å². The second-order valence-corrected chi connectivity index (χ2v) is 9.24. The molecule has 0 aliphatic heterocycles. The van der Waals surface area contributed by atoms with Crippen molar-refractivity contribution in [1.29, 1.82) is 0 Å². The summed E-state index contributed by atoms with van der Waals surface area (Å²) in [5.41, 5.74) is 10.4. The third-order valence-electron chi connectivity index (χ3n) is 6.76. The van der Waals surface area contributed by atoms with Crippen LogP contribution in [0.4, 0.5) is 11.9 Å². The van der Waals surface area contributed by atoms with E-state index in [4.69, 9.17) is 15.7 Å². The van der Waals surface area contributed by atoms with E-state index in [1.807, 2.05) is 6.20 Å². The predicted octanol–water partition coefficient (Wildman–Crippen LogP) is 4.54. The fourth-order valence-corrected chi connectivity index (χ4v) is 5.04. The number of nitrogens with two attached hydrogens (primary N) is 1. The molecule has 4 N–H and O–H groups in total. The second kappa shape index (κ2) is 8.83. The summed E-state index contributed by atoms with van der Waals surface area (Å²) in [6, 6.07) is 9.79. The van der Waals surface area contributed by atoms with Crippen LogP contribution in [0.1, 0.15) is 68.5 Å². The van der Waals surface area contributed by atoms with Crippen molar-refractivity contribution in [3.63, 3.8) is 0 Å². The number of aryl methyl sites for hydroxylation is 1. The number of hydrogen-bond acceptors (Lipinski definition) is 6. The van der Waals surface area contributed by atoms with E-state index >= 15 is 0 Å². The first-order chi connectivity index (χ1) is 15.2. The van der Waals surface area contributed by atoms with E-state index < -0.39 is 0 Å². The van der Waals surface area contributed by atoms with Crippen LogP contribution in [0.2, 0.25) is 0 Å². The van der Waals surface area contributed by atoms with Crippen LogP contribution in [-0.4, -0.2) is 31.6 Å². The van der Waals surface area contributed by atoms with Gasteiger partial charge >= 0.3 is 0 Å². The Morgan fingerprint density at radius 2 is 1.87 bits per heavy atom. The Morgan fingerprint density at radius 3 is 2.65 bits per heavy atom. The Labute approximate surface area is 183 Å². The number of imidazole rings is 1. The number of nitrogens with zero attached hydrogens (tertiary/aromatic N) is 4. The summed E-state index contributed by atoms with van der Waals surface area (Å²) in [6.45, 7) is 2.87. The smallest absolute Gasteiger partial charge is 0.224 e. The molecule has 2 fully saturated rings. The molecule has 0 atom stereocenters. The first kappa shape index (κ1) is 20.2. The third kappa shape index (κ3) is 4.51. The van der Waals surface area contributed by atoms with Crippen molar-refractivity contribution in [1.82, 2.24) is 19.5 Å². The summed E-state index contributed by atoms with van der Waals surface area (Å²) < 4.78 is 2.32. The standard InChI is InChI=1S/C24H33N7/c1-16-5-4-6-17(13-16)14-27-24-29-21-15-26-23(28-19-11-9-18(25)10-12-19)30-22(21)31(24)20-7-2-3-8-20/h4-6,13,15,18-20H,2-3,7-12,14,25H2,1H3,(H,27,29)(H,26,28,30). The average molecular weight is 420 g/mol. The van der Waals surface area contributed by atoms with Crippen LogP contribution in [-0.2, 0) is 6.54 Å². The SMILES string of the molecule is Cc1cccc(CNc2nc3cnc(NC4CCC(N)CC4)nc3n2C2CCCC2)c1. The van der Waals surface area contributed by atoms with Gasteiger partial charge in [-0.15, -0.1) is 0 Å². The molecule has 0 unspecified atom stereocenters. The van der Waals surface area contributed by atoms with Crippen LogP contribution >= 0.6 is 0 Å². The average Bonchev–Trinajstić information content (AvgIpc) is 3.41. The molecular formula is C24H33N7. The molecule has 0 saturated heterocycles. The molecule has 2 heterocycles. The summed E-state index contributed by atoms with van der Waals surface area (Å²) in [5, 5.41) is 7.12. The summed E-state index contributed by atoms with van der Waals surface area (Å²) >= 11 is 0. The van der Waals surface area contributed by atoms with E-state index in [9.17, 15) is 0 Å².